The van der Waals surface area contributed by atoms with Gasteiger partial charge in [-0.15, -0.1) is 0 Å². The van der Waals surface area contributed by atoms with Crippen molar-refractivity contribution in [2.45, 2.75) is 42.3 Å². The molecule has 0 saturated carbocycles. The van der Waals surface area contributed by atoms with E-state index in [9.17, 15) is 25.5 Å². The van der Waals surface area contributed by atoms with Gasteiger partial charge in [-0.05, 0) is 0 Å². The van der Waals surface area contributed by atoms with E-state index < -0.39 is 49.0 Å². The number of hydrogen-bond acceptors (Lipinski definition) is 12. The highest BCUT2D eigenvalue weighted by Gasteiger charge is 2.64. The van der Waals surface area contributed by atoms with Gasteiger partial charge >= 0.3 is 0 Å². The van der Waals surface area contributed by atoms with Crippen molar-refractivity contribution < 1.29 is 35.0 Å². The van der Waals surface area contributed by atoms with Crippen molar-refractivity contribution in [3.05, 3.63) is 12.7 Å². The second-order valence-electron chi connectivity index (χ2n) is 6.73. The summed E-state index contributed by atoms with van der Waals surface area (Å²) in [6, 6.07) is 0. The minimum absolute atomic E-state index is 0.0885. The molecule has 8 N–H and O–H groups in total. The zero-order valence-corrected chi connectivity index (χ0v) is 14.7. The molecule has 13 nitrogen and oxygen atoms in total. The van der Waals surface area contributed by atoms with Gasteiger partial charge in [0.1, 0.15) is 43.0 Å². The third kappa shape index (κ3) is 2.60. The molecule has 0 aromatic carbocycles. The van der Waals surface area contributed by atoms with E-state index in [1.165, 1.54) is 17.2 Å². The highest BCUT2D eigenvalue weighted by atomic mass is 16.6. The molecule has 13 heteroatoms. The van der Waals surface area contributed by atoms with E-state index in [-0.39, 0.29) is 18.9 Å². The first-order chi connectivity index (χ1) is 13.5. The molecule has 0 radical (unpaired) electrons. The van der Waals surface area contributed by atoms with Gasteiger partial charge in [0.05, 0.1) is 26.2 Å². The lowest BCUT2D eigenvalue weighted by Crippen LogP contribution is -2.58. The number of ether oxygens (including phenoxy) is 2. The Labute approximate surface area is 158 Å². The summed E-state index contributed by atoms with van der Waals surface area (Å²) in [4.78, 5) is 12.5. The smallest absolute Gasteiger partial charge is 0.205 e. The first kappa shape index (κ1) is 19.4. The van der Waals surface area contributed by atoms with Crippen LogP contribution in [0.15, 0.2) is 12.7 Å². The van der Waals surface area contributed by atoms with Crippen LogP contribution in [0.4, 0.5) is 5.82 Å². The maximum atomic E-state index is 10.9. The standard InChI is InChI=1S/C15H22N6O7/c16-3-17-13-8-14(19-4-18-13)21(5-20-8)15(12-9(24)6(23)2-27-12)11(26)10(25)7(1-22)28-15/h4-7,9-12,22-26H,1-3,16H2,(H,17,18,19)/t6-,7-,9+,10-,11-,12?,15+/m1/s1. The van der Waals surface area contributed by atoms with Crippen LogP contribution in [0.5, 0.6) is 0 Å². The van der Waals surface area contributed by atoms with Gasteiger partial charge in [-0.1, -0.05) is 0 Å². The maximum absolute atomic E-state index is 10.9. The number of nitrogens with zero attached hydrogens (tertiary/aromatic N) is 4. The SMILES string of the molecule is NCNc1ncnc2c1ncn2[C@]1(C2OC[C@@H](O)[C@@H]2O)O[C@H](CO)[C@@H](O)[C@H]1O. The second kappa shape index (κ2) is 7.13. The molecule has 4 rings (SSSR count). The number of nitrogens with two attached hydrogens (primary N) is 1. The van der Waals surface area contributed by atoms with Gasteiger partial charge in [-0.25, -0.2) is 15.0 Å². The average molecular weight is 398 g/mol. The quantitative estimate of drug-likeness (QED) is 0.241. The minimum atomic E-state index is -1.91. The molecule has 4 heterocycles. The zero-order chi connectivity index (χ0) is 20.1. The van der Waals surface area contributed by atoms with Crippen LogP contribution in [0.25, 0.3) is 11.2 Å². The van der Waals surface area contributed by atoms with Crippen LogP contribution >= 0.6 is 0 Å². The zero-order valence-electron chi connectivity index (χ0n) is 14.7. The Kier molecular flexibility index (Phi) is 4.93. The number of fused-ring (bicyclic) bond motifs is 1. The van der Waals surface area contributed by atoms with Gasteiger partial charge in [-0.3, -0.25) is 4.57 Å². The Bertz CT molecular complexity index is 851. The molecule has 154 valence electrons. The second-order valence-corrected chi connectivity index (χ2v) is 6.73. The fraction of sp³-hybridized carbons (Fsp3) is 0.667. The molecule has 0 aliphatic carbocycles. The van der Waals surface area contributed by atoms with Crippen LogP contribution in [0.2, 0.25) is 0 Å². The van der Waals surface area contributed by atoms with Crippen molar-refractivity contribution in [1.82, 2.24) is 19.5 Å². The average Bonchev–Trinajstić information content (AvgIpc) is 3.34. The normalized spacial score (nSPS) is 38.4. The molecule has 2 aromatic rings. The molecular weight excluding hydrogens is 376 g/mol. The Morgan fingerprint density at radius 3 is 2.61 bits per heavy atom. The third-order valence-electron chi connectivity index (χ3n) is 5.19. The first-order valence-electron chi connectivity index (χ1n) is 8.70. The van der Waals surface area contributed by atoms with Crippen LogP contribution in [0.3, 0.4) is 0 Å². The van der Waals surface area contributed by atoms with Gasteiger partial charge in [0.25, 0.3) is 0 Å². The molecule has 0 spiro atoms. The van der Waals surface area contributed by atoms with Crippen molar-refractivity contribution in [2.75, 3.05) is 25.2 Å². The molecule has 2 aromatic heterocycles. The first-order valence-corrected chi connectivity index (χ1v) is 8.70. The fourth-order valence-electron chi connectivity index (χ4n) is 3.83. The number of aliphatic hydroxyl groups excluding tert-OH is 5. The number of hydrogen-bond donors (Lipinski definition) is 7. The third-order valence-corrected chi connectivity index (χ3v) is 5.19. The highest BCUT2D eigenvalue weighted by Crippen LogP contribution is 2.44. The Morgan fingerprint density at radius 1 is 1.21 bits per heavy atom. The molecule has 0 amide bonds. The highest BCUT2D eigenvalue weighted by molar-refractivity contribution is 5.82. The van der Waals surface area contributed by atoms with Gasteiger partial charge in [0.2, 0.25) is 5.72 Å². The summed E-state index contributed by atoms with van der Waals surface area (Å²) in [6.07, 6.45) is -5.67. The predicted octanol–water partition coefficient (Wildman–Crippen LogP) is -3.96. The van der Waals surface area contributed by atoms with Gasteiger partial charge in [-0.2, -0.15) is 0 Å². The molecule has 0 bridgehead atoms. The molecule has 1 unspecified atom stereocenters. The Hall–Kier alpha value is -1.97. The lowest BCUT2D eigenvalue weighted by molar-refractivity contribution is -0.224. The molecule has 2 aliphatic heterocycles. The summed E-state index contributed by atoms with van der Waals surface area (Å²) in [5, 5.41) is 54.0. The largest absolute Gasteiger partial charge is 0.394 e. The lowest BCUT2D eigenvalue weighted by Gasteiger charge is -2.39. The van der Waals surface area contributed by atoms with Crippen LogP contribution < -0.4 is 11.1 Å². The van der Waals surface area contributed by atoms with Gasteiger partial charge < -0.3 is 46.1 Å². The lowest BCUT2D eigenvalue weighted by atomic mass is 9.92. The summed E-state index contributed by atoms with van der Waals surface area (Å²) in [7, 11) is 0. The monoisotopic (exact) mass is 398 g/mol. The van der Waals surface area contributed by atoms with Crippen molar-refractivity contribution in [1.29, 1.82) is 0 Å². The van der Waals surface area contributed by atoms with Crippen molar-refractivity contribution in [2.24, 2.45) is 5.73 Å². The van der Waals surface area contributed by atoms with Crippen molar-refractivity contribution in [3.8, 4) is 0 Å². The number of imidazole rings is 1. The van der Waals surface area contributed by atoms with E-state index in [0.717, 1.165) is 0 Å². The van der Waals surface area contributed by atoms with Crippen molar-refractivity contribution >= 4 is 17.0 Å². The Morgan fingerprint density at radius 2 is 2.00 bits per heavy atom. The fourth-order valence-corrected chi connectivity index (χ4v) is 3.83. The van der Waals surface area contributed by atoms with Crippen LogP contribution in [0.1, 0.15) is 0 Å². The number of anilines is 1. The Balaban J connectivity index is 1.90. The maximum Gasteiger partial charge on any atom is 0.205 e. The molecule has 7 atom stereocenters. The summed E-state index contributed by atoms with van der Waals surface area (Å²) in [5.41, 5.74) is 4.10. The van der Waals surface area contributed by atoms with Crippen molar-refractivity contribution in [3.63, 3.8) is 0 Å². The number of aliphatic hydroxyl groups is 5. The van der Waals surface area contributed by atoms with Gasteiger partial charge in [0, 0.05) is 0 Å². The summed E-state index contributed by atoms with van der Waals surface area (Å²) < 4.78 is 12.7. The van der Waals surface area contributed by atoms with E-state index in [1.54, 1.807) is 0 Å². The molecule has 2 saturated heterocycles. The molecular formula is C15H22N6O7. The van der Waals surface area contributed by atoms with Crippen LogP contribution in [0, 0.1) is 0 Å². The summed E-state index contributed by atoms with van der Waals surface area (Å²) >= 11 is 0. The van der Waals surface area contributed by atoms with Gasteiger partial charge in [0.15, 0.2) is 17.0 Å². The summed E-state index contributed by atoms with van der Waals surface area (Å²) in [5.74, 6) is 0.334. The minimum Gasteiger partial charge on any atom is -0.394 e. The van der Waals surface area contributed by atoms with Crippen LogP contribution in [-0.4, -0.2) is 102 Å². The van der Waals surface area contributed by atoms with E-state index in [1.807, 2.05) is 0 Å². The van der Waals surface area contributed by atoms with E-state index in [2.05, 4.69) is 20.3 Å². The summed E-state index contributed by atoms with van der Waals surface area (Å²) in [6.45, 7) is -0.705. The number of rotatable bonds is 5. The molecule has 2 fully saturated rings. The number of nitrogens with one attached hydrogen (secondary N) is 1. The predicted molar refractivity (Wildman–Crippen MR) is 91.7 cm³/mol. The molecule has 2 aliphatic rings. The molecule has 28 heavy (non-hydrogen) atoms. The van der Waals surface area contributed by atoms with Crippen LogP contribution in [-0.2, 0) is 15.2 Å². The van der Waals surface area contributed by atoms with E-state index in [4.69, 9.17) is 15.2 Å². The number of aromatic nitrogens is 4. The van der Waals surface area contributed by atoms with E-state index in [0.29, 0.717) is 11.3 Å². The topological polar surface area (TPSA) is 201 Å². The van der Waals surface area contributed by atoms with E-state index >= 15 is 0 Å².